The molecule has 4 aromatic rings. The fourth-order valence-corrected chi connectivity index (χ4v) is 4.90. The minimum absolute atomic E-state index is 0.519. The number of allylic oxidation sites excluding steroid dienone is 1. The van der Waals surface area contributed by atoms with Crippen molar-refractivity contribution in [2.45, 2.75) is 19.3 Å². The molecule has 0 atom stereocenters. The molecule has 0 N–H and O–H groups in total. The van der Waals surface area contributed by atoms with Crippen LogP contribution in [-0.4, -0.2) is 4.98 Å². The molecule has 0 saturated heterocycles. The van der Waals surface area contributed by atoms with Gasteiger partial charge >= 0.3 is 0 Å². The lowest BCUT2D eigenvalue weighted by Crippen LogP contribution is -2.15. The summed E-state index contributed by atoms with van der Waals surface area (Å²) in [4.78, 5) is 4.51. The zero-order valence-electron chi connectivity index (χ0n) is 16.0. The molecule has 0 aliphatic heterocycles. The quantitative estimate of drug-likeness (QED) is 0.353. The van der Waals surface area contributed by atoms with Crippen molar-refractivity contribution in [1.29, 1.82) is 5.26 Å². The standard InChI is InChI=1S/C26H20N2S/c27-16-22-21(14-15-23-26(22)28-17-29-23)25(20-10-5-2-6-11-20)24(19-12-7-13-19)18-8-3-1-4-9-18/h1-6,8-11,14-15,17,19H,7,12-13H2/b25-24-. The fraction of sp³-hybridized carbons (Fsp3) is 0.154. The van der Waals surface area contributed by atoms with E-state index in [0.717, 1.165) is 21.3 Å². The van der Waals surface area contributed by atoms with Gasteiger partial charge in [-0.25, -0.2) is 4.98 Å². The number of hydrogen-bond acceptors (Lipinski definition) is 3. The third kappa shape index (κ3) is 3.16. The van der Waals surface area contributed by atoms with Gasteiger partial charge in [-0.1, -0.05) is 73.2 Å². The molecular weight excluding hydrogens is 372 g/mol. The Kier molecular flexibility index (Phi) is 4.71. The highest BCUT2D eigenvalue weighted by molar-refractivity contribution is 7.16. The molecule has 2 nitrogen and oxygen atoms in total. The lowest BCUT2D eigenvalue weighted by atomic mass is 9.72. The summed E-state index contributed by atoms with van der Waals surface area (Å²) >= 11 is 1.58. The zero-order valence-corrected chi connectivity index (χ0v) is 16.8. The van der Waals surface area contributed by atoms with Gasteiger partial charge in [0.15, 0.2) is 0 Å². The first-order valence-corrected chi connectivity index (χ1v) is 10.9. The van der Waals surface area contributed by atoms with Crippen molar-refractivity contribution in [2.24, 2.45) is 5.92 Å². The van der Waals surface area contributed by atoms with Crippen LogP contribution in [0.3, 0.4) is 0 Å². The van der Waals surface area contributed by atoms with Crippen LogP contribution in [0.4, 0.5) is 0 Å². The molecule has 1 heterocycles. The molecule has 1 saturated carbocycles. The molecule has 0 amide bonds. The second kappa shape index (κ2) is 7.66. The van der Waals surface area contributed by atoms with E-state index in [9.17, 15) is 5.26 Å². The SMILES string of the molecule is N#Cc1c(/C(=C(/c2ccccc2)C2CCC2)c2ccccc2)ccc2scnc12. The Bertz CT molecular complexity index is 1230. The van der Waals surface area contributed by atoms with Crippen molar-refractivity contribution in [3.63, 3.8) is 0 Å². The maximum atomic E-state index is 10.1. The lowest BCUT2D eigenvalue weighted by molar-refractivity contribution is 0.401. The predicted octanol–water partition coefficient (Wildman–Crippen LogP) is 6.93. The molecule has 5 rings (SSSR count). The molecule has 1 aliphatic carbocycles. The van der Waals surface area contributed by atoms with Gasteiger partial charge in [-0.3, -0.25) is 0 Å². The number of rotatable bonds is 4. The van der Waals surface area contributed by atoms with E-state index in [2.05, 4.69) is 77.8 Å². The molecule has 0 spiro atoms. The maximum Gasteiger partial charge on any atom is 0.102 e. The minimum Gasteiger partial charge on any atom is -0.243 e. The smallest absolute Gasteiger partial charge is 0.102 e. The van der Waals surface area contributed by atoms with Crippen LogP contribution in [0, 0.1) is 17.2 Å². The Labute approximate surface area is 174 Å². The van der Waals surface area contributed by atoms with Crippen LogP contribution in [0.1, 0.15) is 41.5 Å². The third-order valence-electron chi connectivity index (χ3n) is 5.81. The highest BCUT2D eigenvalue weighted by Crippen LogP contribution is 2.46. The van der Waals surface area contributed by atoms with Gasteiger partial charge < -0.3 is 0 Å². The Hall–Kier alpha value is -3.22. The molecule has 0 bridgehead atoms. The molecule has 1 aromatic heterocycles. The topological polar surface area (TPSA) is 36.7 Å². The molecule has 0 unspecified atom stereocenters. The monoisotopic (exact) mass is 392 g/mol. The summed E-state index contributed by atoms with van der Waals surface area (Å²) in [5.74, 6) is 0.519. The van der Waals surface area contributed by atoms with Crippen LogP contribution in [-0.2, 0) is 0 Å². The highest BCUT2D eigenvalue weighted by Gasteiger charge is 2.28. The fourth-order valence-electron chi connectivity index (χ4n) is 4.21. The number of nitrogens with zero attached hydrogens (tertiary/aromatic N) is 2. The molecule has 29 heavy (non-hydrogen) atoms. The lowest BCUT2D eigenvalue weighted by Gasteiger charge is -2.32. The summed E-state index contributed by atoms with van der Waals surface area (Å²) in [6, 6.07) is 27.9. The van der Waals surface area contributed by atoms with Gasteiger partial charge in [-0.2, -0.15) is 5.26 Å². The second-order valence-corrected chi connectivity index (χ2v) is 8.33. The van der Waals surface area contributed by atoms with Crippen molar-refractivity contribution in [3.8, 4) is 6.07 Å². The Balaban J connectivity index is 1.88. The van der Waals surface area contributed by atoms with Crippen molar-refractivity contribution < 1.29 is 0 Å². The van der Waals surface area contributed by atoms with Crippen molar-refractivity contribution >= 4 is 32.7 Å². The Morgan fingerprint density at radius 2 is 1.59 bits per heavy atom. The van der Waals surface area contributed by atoms with Gasteiger partial charge in [-0.15, -0.1) is 11.3 Å². The van der Waals surface area contributed by atoms with Crippen LogP contribution in [0.2, 0.25) is 0 Å². The average Bonchev–Trinajstić information content (AvgIpc) is 3.22. The van der Waals surface area contributed by atoms with Gasteiger partial charge in [0, 0.05) is 5.56 Å². The van der Waals surface area contributed by atoms with E-state index >= 15 is 0 Å². The van der Waals surface area contributed by atoms with Gasteiger partial charge in [0.2, 0.25) is 0 Å². The van der Waals surface area contributed by atoms with Crippen molar-refractivity contribution in [3.05, 3.63) is 101 Å². The van der Waals surface area contributed by atoms with E-state index in [0.29, 0.717) is 11.5 Å². The van der Waals surface area contributed by atoms with Crippen LogP contribution >= 0.6 is 11.3 Å². The van der Waals surface area contributed by atoms with Crippen LogP contribution in [0.5, 0.6) is 0 Å². The number of fused-ring (bicyclic) bond motifs is 1. The normalized spacial score (nSPS) is 14.9. The number of aromatic nitrogens is 1. The molecule has 3 aromatic carbocycles. The summed E-state index contributed by atoms with van der Waals surface area (Å²) in [7, 11) is 0. The molecular formula is C26H20N2S. The average molecular weight is 393 g/mol. The third-order valence-corrected chi connectivity index (χ3v) is 6.61. The van der Waals surface area contributed by atoms with E-state index in [4.69, 9.17) is 0 Å². The molecule has 1 fully saturated rings. The maximum absolute atomic E-state index is 10.1. The molecule has 3 heteroatoms. The summed E-state index contributed by atoms with van der Waals surface area (Å²) in [6.45, 7) is 0. The number of hydrogen-bond donors (Lipinski definition) is 0. The molecule has 140 valence electrons. The molecule has 1 aliphatic rings. The zero-order chi connectivity index (χ0) is 19.6. The van der Waals surface area contributed by atoms with Crippen molar-refractivity contribution in [2.75, 3.05) is 0 Å². The number of thiazole rings is 1. The first-order valence-electron chi connectivity index (χ1n) is 9.98. The summed E-state index contributed by atoms with van der Waals surface area (Å²) in [5, 5.41) is 10.1. The number of nitriles is 1. The van der Waals surface area contributed by atoms with Gasteiger partial charge in [0.1, 0.15) is 6.07 Å². The minimum atomic E-state index is 0.519. The Morgan fingerprint density at radius 1 is 0.897 bits per heavy atom. The van der Waals surface area contributed by atoms with E-state index in [1.807, 2.05) is 11.6 Å². The summed E-state index contributed by atoms with van der Waals surface area (Å²) in [5.41, 5.74) is 9.23. The predicted molar refractivity (Wildman–Crippen MR) is 120 cm³/mol. The van der Waals surface area contributed by atoms with Crippen LogP contribution < -0.4 is 0 Å². The largest absolute Gasteiger partial charge is 0.243 e. The van der Waals surface area contributed by atoms with E-state index in [1.54, 1.807) is 11.3 Å². The summed E-state index contributed by atoms with van der Waals surface area (Å²) < 4.78 is 1.06. The Morgan fingerprint density at radius 3 is 2.21 bits per heavy atom. The number of benzene rings is 3. The van der Waals surface area contributed by atoms with Gasteiger partial charge in [0.25, 0.3) is 0 Å². The molecule has 0 radical (unpaired) electrons. The van der Waals surface area contributed by atoms with E-state index in [1.165, 1.54) is 36.0 Å². The summed E-state index contributed by atoms with van der Waals surface area (Å²) in [6.07, 6.45) is 3.65. The van der Waals surface area contributed by atoms with Crippen LogP contribution in [0.25, 0.3) is 21.4 Å². The van der Waals surface area contributed by atoms with Gasteiger partial charge in [-0.05, 0) is 47.1 Å². The highest BCUT2D eigenvalue weighted by atomic mass is 32.1. The van der Waals surface area contributed by atoms with Crippen LogP contribution in [0.15, 0.2) is 78.3 Å². The second-order valence-electron chi connectivity index (χ2n) is 7.45. The van der Waals surface area contributed by atoms with Crippen molar-refractivity contribution in [1.82, 2.24) is 4.98 Å². The van der Waals surface area contributed by atoms with E-state index < -0.39 is 0 Å². The first-order chi connectivity index (χ1) is 14.4. The first kappa shape index (κ1) is 17.8. The van der Waals surface area contributed by atoms with Gasteiger partial charge in [0.05, 0.1) is 21.3 Å². The van der Waals surface area contributed by atoms with E-state index in [-0.39, 0.29) is 0 Å².